The van der Waals surface area contributed by atoms with Crippen LogP contribution in [-0.4, -0.2) is 71.1 Å². The predicted molar refractivity (Wildman–Crippen MR) is 150 cm³/mol. The maximum atomic E-state index is 13.5. The van der Waals surface area contributed by atoms with E-state index in [9.17, 15) is 4.79 Å². The fourth-order valence-electron chi connectivity index (χ4n) is 5.28. The van der Waals surface area contributed by atoms with Crippen LogP contribution in [0.1, 0.15) is 30.5 Å². The van der Waals surface area contributed by atoms with E-state index in [0.29, 0.717) is 0 Å². The number of nitrogens with zero attached hydrogens (tertiary/aromatic N) is 4. The minimum atomic E-state index is 0. The van der Waals surface area contributed by atoms with Crippen molar-refractivity contribution in [1.29, 1.82) is 0 Å². The SMILES string of the molecule is CN1CCN(C(=O)N2CCCCC2Cc2cc3ccccc3n2Cc2ccc(Cl)cc2)CC1.Cl.Cl. The largest absolute Gasteiger partial charge is 0.340 e. The highest BCUT2D eigenvalue weighted by atomic mass is 35.5. The van der Waals surface area contributed by atoms with E-state index in [1.807, 2.05) is 12.1 Å². The first-order valence-electron chi connectivity index (χ1n) is 12.1. The van der Waals surface area contributed by atoms with Crippen LogP contribution in [0, 0.1) is 0 Å². The van der Waals surface area contributed by atoms with Crippen molar-refractivity contribution in [1.82, 2.24) is 19.3 Å². The zero-order chi connectivity index (χ0) is 22.8. The van der Waals surface area contributed by atoms with Gasteiger partial charge in [0.25, 0.3) is 0 Å². The summed E-state index contributed by atoms with van der Waals surface area (Å²) in [5.74, 6) is 0. The van der Waals surface area contributed by atoms with Gasteiger partial charge >= 0.3 is 6.03 Å². The lowest BCUT2D eigenvalue weighted by molar-refractivity contribution is 0.0946. The Morgan fingerprint density at radius 3 is 2.40 bits per heavy atom. The second-order valence-electron chi connectivity index (χ2n) is 9.53. The Balaban J connectivity index is 0.00000171. The Morgan fingerprint density at radius 2 is 1.66 bits per heavy atom. The van der Waals surface area contributed by atoms with Crippen molar-refractivity contribution in [3.05, 3.63) is 70.9 Å². The number of hydrogen-bond donors (Lipinski definition) is 0. The van der Waals surface area contributed by atoms with Gasteiger partial charge in [-0.3, -0.25) is 0 Å². The van der Waals surface area contributed by atoms with Gasteiger partial charge in [-0.15, -0.1) is 24.8 Å². The molecule has 0 aliphatic carbocycles. The van der Waals surface area contributed by atoms with Gasteiger partial charge in [-0.05, 0) is 61.5 Å². The average Bonchev–Trinajstić information content (AvgIpc) is 3.18. The van der Waals surface area contributed by atoms with Gasteiger partial charge < -0.3 is 19.3 Å². The molecule has 1 aromatic heterocycles. The van der Waals surface area contributed by atoms with Crippen molar-refractivity contribution in [3.8, 4) is 0 Å². The fourth-order valence-corrected chi connectivity index (χ4v) is 5.41. The molecule has 1 unspecified atom stereocenters. The van der Waals surface area contributed by atoms with Crippen LogP contribution >= 0.6 is 36.4 Å². The first-order chi connectivity index (χ1) is 16.1. The minimum Gasteiger partial charge on any atom is -0.340 e. The molecule has 8 heteroatoms. The van der Waals surface area contributed by atoms with E-state index in [-0.39, 0.29) is 36.9 Å². The van der Waals surface area contributed by atoms with E-state index in [4.69, 9.17) is 11.6 Å². The zero-order valence-corrected chi connectivity index (χ0v) is 22.6. The van der Waals surface area contributed by atoms with Crippen LogP contribution in [0.2, 0.25) is 5.02 Å². The number of urea groups is 1. The van der Waals surface area contributed by atoms with Crippen LogP contribution in [0.3, 0.4) is 0 Å². The van der Waals surface area contributed by atoms with Crippen LogP contribution in [0.25, 0.3) is 10.9 Å². The summed E-state index contributed by atoms with van der Waals surface area (Å²) in [6, 6.07) is 19.5. The molecule has 1 atom stereocenters. The second-order valence-corrected chi connectivity index (χ2v) is 9.96. The van der Waals surface area contributed by atoms with Crippen molar-refractivity contribution in [2.75, 3.05) is 39.8 Å². The number of likely N-dealkylation sites (tertiary alicyclic amines) is 1. The normalized spacial score (nSPS) is 18.7. The van der Waals surface area contributed by atoms with Gasteiger partial charge in [0.15, 0.2) is 0 Å². The molecule has 2 aromatic carbocycles. The highest BCUT2D eigenvalue weighted by Gasteiger charge is 2.32. The quantitative estimate of drug-likeness (QED) is 0.412. The van der Waals surface area contributed by atoms with Gasteiger partial charge in [-0.1, -0.05) is 41.9 Å². The number of carbonyl (C=O) groups excluding carboxylic acids is 1. The lowest BCUT2D eigenvalue weighted by Gasteiger charge is -2.41. The molecule has 2 saturated heterocycles. The maximum Gasteiger partial charge on any atom is 0.320 e. The van der Waals surface area contributed by atoms with Gasteiger partial charge in [0.05, 0.1) is 0 Å². The third-order valence-electron chi connectivity index (χ3n) is 7.24. The number of piperazine rings is 1. The number of carbonyl (C=O) groups is 1. The Labute approximate surface area is 225 Å². The molecular formula is C27H35Cl3N4O. The van der Waals surface area contributed by atoms with Gasteiger partial charge in [0.2, 0.25) is 0 Å². The van der Waals surface area contributed by atoms with Crippen LogP contribution < -0.4 is 0 Å². The van der Waals surface area contributed by atoms with Gasteiger partial charge in [0.1, 0.15) is 0 Å². The van der Waals surface area contributed by atoms with E-state index in [2.05, 4.69) is 68.8 Å². The average molecular weight is 538 g/mol. The Kier molecular flexibility index (Phi) is 9.77. The summed E-state index contributed by atoms with van der Waals surface area (Å²) in [6.45, 7) is 5.25. The van der Waals surface area contributed by atoms with Crippen LogP contribution in [0.4, 0.5) is 4.79 Å². The third kappa shape index (κ3) is 6.26. The number of fused-ring (bicyclic) bond motifs is 1. The Morgan fingerprint density at radius 1 is 0.943 bits per heavy atom. The molecule has 2 aliphatic rings. The maximum absolute atomic E-state index is 13.5. The monoisotopic (exact) mass is 536 g/mol. The lowest BCUT2D eigenvalue weighted by atomic mass is 9.98. The molecule has 3 aromatic rings. The summed E-state index contributed by atoms with van der Waals surface area (Å²) < 4.78 is 2.42. The molecule has 3 heterocycles. The summed E-state index contributed by atoms with van der Waals surface area (Å²) in [5.41, 5.74) is 3.78. The van der Waals surface area contributed by atoms with E-state index in [0.717, 1.165) is 63.6 Å². The van der Waals surface area contributed by atoms with E-state index in [1.165, 1.54) is 28.6 Å². The molecule has 0 bridgehead atoms. The van der Waals surface area contributed by atoms with Crippen molar-refractivity contribution in [3.63, 3.8) is 0 Å². The van der Waals surface area contributed by atoms with Crippen LogP contribution in [-0.2, 0) is 13.0 Å². The third-order valence-corrected chi connectivity index (χ3v) is 7.49. The molecule has 0 N–H and O–H groups in total. The van der Waals surface area contributed by atoms with Gasteiger partial charge in [0, 0.05) is 68.0 Å². The first-order valence-corrected chi connectivity index (χ1v) is 12.5. The number of likely N-dealkylation sites (N-methyl/N-ethyl adjacent to an activating group) is 1. The fraction of sp³-hybridized carbons (Fsp3) is 0.444. The number of aromatic nitrogens is 1. The highest BCUT2D eigenvalue weighted by molar-refractivity contribution is 6.30. The number of hydrogen-bond acceptors (Lipinski definition) is 2. The van der Waals surface area contributed by atoms with Crippen LogP contribution in [0.5, 0.6) is 0 Å². The highest BCUT2D eigenvalue weighted by Crippen LogP contribution is 2.27. The number of halogens is 3. The molecule has 190 valence electrons. The van der Waals surface area contributed by atoms with Crippen molar-refractivity contribution >= 4 is 53.3 Å². The number of piperidine rings is 1. The van der Waals surface area contributed by atoms with Gasteiger partial charge in [-0.2, -0.15) is 0 Å². The lowest BCUT2D eigenvalue weighted by Crippen LogP contribution is -2.55. The van der Waals surface area contributed by atoms with E-state index >= 15 is 0 Å². The molecule has 0 spiro atoms. The van der Waals surface area contributed by atoms with Crippen LogP contribution in [0.15, 0.2) is 54.6 Å². The summed E-state index contributed by atoms with van der Waals surface area (Å²) >= 11 is 6.12. The Hall–Kier alpha value is -1.92. The standard InChI is InChI=1S/C27H33ClN4O.2ClH/c1-29-14-16-30(17-15-29)27(33)31-13-5-4-7-24(31)19-25-18-22-6-2-3-8-26(22)32(25)20-21-9-11-23(28)12-10-21;;/h2-3,6,8-12,18,24H,4-5,7,13-17,19-20H2,1H3;2*1H. The number of para-hydroxylation sites is 1. The van der Waals surface area contributed by atoms with E-state index in [1.54, 1.807) is 0 Å². The van der Waals surface area contributed by atoms with Crippen molar-refractivity contribution < 1.29 is 4.79 Å². The van der Waals surface area contributed by atoms with E-state index < -0.39 is 0 Å². The minimum absolute atomic E-state index is 0. The molecule has 35 heavy (non-hydrogen) atoms. The van der Waals surface area contributed by atoms with Crippen molar-refractivity contribution in [2.45, 2.75) is 38.3 Å². The molecule has 2 amide bonds. The Bertz CT molecular complexity index is 1110. The number of benzene rings is 2. The molecule has 2 aliphatic heterocycles. The zero-order valence-electron chi connectivity index (χ0n) is 20.2. The summed E-state index contributed by atoms with van der Waals surface area (Å²) in [4.78, 5) is 20.0. The molecule has 0 saturated carbocycles. The smallest absolute Gasteiger partial charge is 0.320 e. The molecule has 0 radical (unpaired) electrons. The second kappa shape index (κ2) is 12.4. The first kappa shape index (κ1) is 27.7. The predicted octanol–water partition coefficient (Wildman–Crippen LogP) is 5.95. The molecule has 2 fully saturated rings. The molecular weight excluding hydrogens is 503 g/mol. The summed E-state index contributed by atoms with van der Waals surface area (Å²) in [6.07, 6.45) is 4.25. The number of rotatable bonds is 4. The number of amides is 2. The topological polar surface area (TPSA) is 31.7 Å². The molecule has 5 nitrogen and oxygen atoms in total. The van der Waals surface area contributed by atoms with Gasteiger partial charge in [-0.25, -0.2) is 4.79 Å². The van der Waals surface area contributed by atoms with Crippen molar-refractivity contribution in [2.24, 2.45) is 0 Å². The summed E-state index contributed by atoms with van der Waals surface area (Å²) in [7, 11) is 2.13. The molecule has 5 rings (SSSR count). The summed E-state index contributed by atoms with van der Waals surface area (Å²) in [5, 5.41) is 2.02.